The molecule has 24 heavy (non-hydrogen) atoms. The van der Waals surface area contributed by atoms with Crippen LogP contribution < -0.4 is 14.8 Å². The third-order valence-electron chi connectivity index (χ3n) is 3.59. The van der Waals surface area contributed by atoms with Crippen molar-refractivity contribution in [3.05, 3.63) is 66.7 Å². The van der Waals surface area contributed by atoms with Gasteiger partial charge in [-0.1, -0.05) is 0 Å². The zero-order valence-electron chi connectivity index (χ0n) is 13.4. The number of amides is 1. The topological polar surface area (TPSA) is 65.4 Å². The fraction of sp³-hybridized carbons (Fsp3) is 0.111. The number of anilines is 1. The average molecular weight is 323 g/mol. The van der Waals surface area contributed by atoms with Crippen molar-refractivity contribution < 1.29 is 14.3 Å². The predicted molar refractivity (Wildman–Crippen MR) is 91.1 cm³/mol. The van der Waals surface area contributed by atoms with Gasteiger partial charge in [0.05, 0.1) is 26.2 Å². The highest BCUT2D eigenvalue weighted by Gasteiger charge is 2.11. The molecule has 0 fully saturated rings. The summed E-state index contributed by atoms with van der Waals surface area (Å²) in [6.07, 6.45) is 5.26. The zero-order chi connectivity index (χ0) is 16.9. The molecule has 0 unspecified atom stereocenters. The Morgan fingerprint density at radius 1 is 1.08 bits per heavy atom. The highest BCUT2D eigenvalue weighted by atomic mass is 16.5. The van der Waals surface area contributed by atoms with E-state index in [1.807, 2.05) is 22.9 Å². The van der Waals surface area contributed by atoms with Gasteiger partial charge in [0, 0.05) is 29.7 Å². The minimum absolute atomic E-state index is 0.212. The Bertz CT molecular complexity index is 827. The fourth-order valence-corrected chi connectivity index (χ4v) is 2.29. The predicted octanol–water partition coefficient (Wildman–Crippen LogP) is 3.14. The first-order valence-electron chi connectivity index (χ1n) is 7.33. The summed E-state index contributed by atoms with van der Waals surface area (Å²) >= 11 is 0. The van der Waals surface area contributed by atoms with E-state index in [9.17, 15) is 4.79 Å². The van der Waals surface area contributed by atoms with Crippen molar-refractivity contribution in [2.45, 2.75) is 0 Å². The summed E-state index contributed by atoms with van der Waals surface area (Å²) in [4.78, 5) is 16.4. The van der Waals surface area contributed by atoms with Crippen LogP contribution in [0.5, 0.6) is 11.5 Å². The molecule has 0 aliphatic carbocycles. The van der Waals surface area contributed by atoms with Crippen LogP contribution in [0.3, 0.4) is 0 Å². The smallest absolute Gasteiger partial charge is 0.255 e. The van der Waals surface area contributed by atoms with Crippen LogP contribution in [0.15, 0.2) is 61.2 Å². The maximum absolute atomic E-state index is 12.4. The highest BCUT2D eigenvalue weighted by molar-refractivity contribution is 6.05. The van der Waals surface area contributed by atoms with Crippen LogP contribution in [0.4, 0.5) is 5.69 Å². The second-order valence-corrected chi connectivity index (χ2v) is 5.04. The first-order valence-corrected chi connectivity index (χ1v) is 7.33. The van der Waals surface area contributed by atoms with Crippen molar-refractivity contribution in [3.63, 3.8) is 0 Å². The van der Waals surface area contributed by atoms with Crippen LogP contribution in [-0.4, -0.2) is 29.7 Å². The van der Waals surface area contributed by atoms with Crippen LogP contribution in [0.2, 0.25) is 0 Å². The van der Waals surface area contributed by atoms with Gasteiger partial charge in [0.2, 0.25) is 0 Å². The molecule has 0 spiro atoms. The normalized spacial score (nSPS) is 10.2. The lowest BCUT2D eigenvalue weighted by Gasteiger charge is -2.12. The lowest BCUT2D eigenvalue weighted by Crippen LogP contribution is -2.12. The summed E-state index contributed by atoms with van der Waals surface area (Å²) in [5.74, 6) is 0.989. The van der Waals surface area contributed by atoms with Crippen LogP contribution in [0, 0.1) is 0 Å². The number of nitrogens with one attached hydrogen (secondary N) is 1. The molecule has 1 heterocycles. The van der Waals surface area contributed by atoms with Gasteiger partial charge in [0.25, 0.3) is 5.91 Å². The third-order valence-corrected chi connectivity index (χ3v) is 3.59. The van der Waals surface area contributed by atoms with Crippen LogP contribution in [0.1, 0.15) is 10.4 Å². The number of ether oxygens (including phenoxy) is 2. The molecule has 3 aromatic rings. The second-order valence-electron chi connectivity index (χ2n) is 5.04. The van der Waals surface area contributed by atoms with Gasteiger partial charge in [-0.15, -0.1) is 0 Å². The summed E-state index contributed by atoms with van der Waals surface area (Å²) in [6, 6.07) is 12.5. The molecule has 3 rings (SSSR count). The Kier molecular flexibility index (Phi) is 4.47. The van der Waals surface area contributed by atoms with E-state index in [0.29, 0.717) is 22.7 Å². The Hall–Kier alpha value is -3.28. The molecule has 1 amide bonds. The molecule has 6 heteroatoms. The van der Waals surface area contributed by atoms with E-state index in [-0.39, 0.29) is 5.91 Å². The number of hydrogen-bond acceptors (Lipinski definition) is 4. The summed E-state index contributed by atoms with van der Waals surface area (Å²) in [6.45, 7) is 0. The Morgan fingerprint density at radius 2 is 1.88 bits per heavy atom. The number of hydrogen-bond donors (Lipinski definition) is 1. The molecule has 0 saturated carbocycles. The maximum Gasteiger partial charge on any atom is 0.255 e. The SMILES string of the molecule is COc1ccc(NC(=O)c2ccc(-n3ccnc3)cc2)c(OC)c1. The lowest BCUT2D eigenvalue weighted by atomic mass is 10.2. The van der Waals surface area contributed by atoms with Crippen molar-refractivity contribution in [1.29, 1.82) is 0 Å². The van der Waals surface area contributed by atoms with E-state index in [2.05, 4.69) is 10.3 Å². The van der Waals surface area contributed by atoms with Crippen molar-refractivity contribution in [2.75, 3.05) is 19.5 Å². The van der Waals surface area contributed by atoms with Crippen molar-refractivity contribution in [2.24, 2.45) is 0 Å². The molecule has 0 atom stereocenters. The quantitative estimate of drug-likeness (QED) is 0.783. The third kappa shape index (κ3) is 3.22. The van der Waals surface area contributed by atoms with E-state index < -0.39 is 0 Å². The molecular formula is C18H17N3O3. The molecule has 0 radical (unpaired) electrons. The molecule has 2 aromatic carbocycles. The van der Waals surface area contributed by atoms with Gasteiger partial charge < -0.3 is 19.4 Å². The summed E-state index contributed by atoms with van der Waals surface area (Å²) in [5.41, 5.74) is 2.07. The lowest BCUT2D eigenvalue weighted by molar-refractivity contribution is 0.102. The van der Waals surface area contributed by atoms with Crippen molar-refractivity contribution >= 4 is 11.6 Å². The minimum atomic E-state index is -0.212. The molecule has 1 aromatic heterocycles. The number of methoxy groups -OCH3 is 2. The van der Waals surface area contributed by atoms with Gasteiger partial charge in [0.1, 0.15) is 11.5 Å². The van der Waals surface area contributed by atoms with Gasteiger partial charge in [0.15, 0.2) is 0 Å². The van der Waals surface area contributed by atoms with Crippen LogP contribution in [0.25, 0.3) is 5.69 Å². The van der Waals surface area contributed by atoms with Crippen LogP contribution >= 0.6 is 0 Å². The number of rotatable bonds is 5. The monoisotopic (exact) mass is 323 g/mol. The Labute approximate surface area is 139 Å². The average Bonchev–Trinajstić information content (AvgIpc) is 3.16. The minimum Gasteiger partial charge on any atom is -0.497 e. The molecule has 0 aliphatic heterocycles. The van der Waals surface area contributed by atoms with E-state index in [1.54, 1.807) is 57.1 Å². The van der Waals surface area contributed by atoms with E-state index in [4.69, 9.17) is 9.47 Å². The maximum atomic E-state index is 12.4. The Morgan fingerprint density at radius 3 is 2.50 bits per heavy atom. The molecular weight excluding hydrogens is 306 g/mol. The van der Waals surface area contributed by atoms with Gasteiger partial charge in [-0.3, -0.25) is 4.79 Å². The van der Waals surface area contributed by atoms with E-state index >= 15 is 0 Å². The van der Waals surface area contributed by atoms with E-state index in [1.165, 1.54) is 0 Å². The van der Waals surface area contributed by atoms with Crippen molar-refractivity contribution in [3.8, 4) is 17.2 Å². The fourth-order valence-electron chi connectivity index (χ4n) is 2.29. The molecule has 0 bridgehead atoms. The summed E-state index contributed by atoms with van der Waals surface area (Å²) in [5, 5.41) is 2.84. The number of aromatic nitrogens is 2. The zero-order valence-corrected chi connectivity index (χ0v) is 13.4. The van der Waals surface area contributed by atoms with Crippen molar-refractivity contribution in [1.82, 2.24) is 9.55 Å². The standard InChI is InChI=1S/C18H17N3O3/c1-23-15-7-8-16(17(11-15)24-2)20-18(22)13-3-5-14(6-4-13)21-10-9-19-12-21/h3-12H,1-2H3,(H,20,22). The molecule has 122 valence electrons. The second kappa shape index (κ2) is 6.87. The van der Waals surface area contributed by atoms with Gasteiger partial charge in [-0.25, -0.2) is 4.98 Å². The summed E-state index contributed by atoms with van der Waals surface area (Å²) in [7, 11) is 3.12. The largest absolute Gasteiger partial charge is 0.497 e. The first-order chi connectivity index (χ1) is 11.7. The highest BCUT2D eigenvalue weighted by Crippen LogP contribution is 2.29. The molecule has 1 N–H and O–H groups in total. The number of carbonyl (C=O) groups is 1. The Balaban J connectivity index is 1.77. The summed E-state index contributed by atoms with van der Waals surface area (Å²) < 4.78 is 12.3. The molecule has 6 nitrogen and oxygen atoms in total. The first kappa shape index (κ1) is 15.6. The van der Waals surface area contributed by atoms with E-state index in [0.717, 1.165) is 5.69 Å². The molecule has 0 aliphatic rings. The van der Waals surface area contributed by atoms with Gasteiger partial charge >= 0.3 is 0 Å². The molecule has 0 saturated heterocycles. The van der Waals surface area contributed by atoms with Crippen LogP contribution in [-0.2, 0) is 0 Å². The van der Waals surface area contributed by atoms with Gasteiger partial charge in [-0.05, 0) is 36.4 Å². The number of benzene rings is 2. The van der Waals surface area contributed by atoms with Gasteiger partial charge in [-0.2, -0.15) is 0 Å². The number of imidazole rings is 1. The number of nitrogens with zero attached hydrogens (tertiary/aromatic N) is 2. The number of carbonyl (C=O) groups excluding carboxylic acids is 1.